The summed E-state index contributed by atoms with van der Waals surface area (Å²) >= 11 is 0. The minimum Gasteiger partial charge on any atom is -0.497 e. The molecule has 1 aliphatic heterocycles. The number of carbonyl (C=O) groups excluding carboxylic acids is 2. The van der Waals surface area contributed by atoms with Crippen molar-refractivity contribution >= 4 is 17.5 Å². The fourth-order valence-corrected chi connectivity index (χ4v) is 2.71. The summed E-state index contributed by atoms with van der Waals surface area (Å²) in [5, 5.41) is 4.07. The van der Waals surface area contributed by atoms with Crippen molar-refractivity contribution in [2.45, 2.75) is 0 Å². The van der Waals surface area contributed by atoms with Crippen LogP contribution in [0.5, 0.6) is 5.75 Å². The minimum absolute atomic E-state index is 0.353. The second-order valence-electron chi connectivity index (χ2n) is 5.22. The van der Waals surface area contributed by atoms with E-state index in [9.17, 15) is 9.59 Å². The third-order valence-electron chi connectivity index (χ3n) is 3.85. The van der Waals surface area contributed by atoms with Gasteiger partial charge < -0.3 is 4.74 Å². The molecule has 7 heteroatoms. The molecular weight excluding hydrogens is 308 g/mol. The van der Waals surface area contributed by atoms with Crippen LogP contribution >= 0.6 is 0 Å². The zero-order valence-electron chi connectivity index (χ0n) is 12.7. The molecule has 0 fully saturated rings. The van der Waals surface area contributed by atoms with Crippen LogP contribution in [0.2, 0.25) is 0 Å². The highest BCUT2D eigenvalue weighted by Crippen LogP contribution is 2.32. The fourth-order valence-electron chi connectivity index (χ4n) is 2.71. The Morgan fingerprint density at radius 1 is 0.958 bits per heavy atom. The standard InChI is InChI=1S/C17H12N4O3/c1-24-13-7-11(20-10-18-9-19-20)6-12(8-13)21-16(22)14-4-2-3-5-15(14)17(21)23/h2-10H,1H3. The lowest BCUT2D eigenvalue weighted by Crippen LogP contribution is -2.29. The van der Waals surface area contributed by atoms with E-state index in [1.807, 2.05) is 0 Å². The molecule has 0 spiro atoms. The van der Waals surface area contributed by atoms with Gasteiger partial charge in [-0.2, -0.15) is 5.10 Å². The Morgan fingerprint density at radius 2 is 1.62 bits per heavy atom. The van der Waals surface area contributed by atoms with Gasteiger partial charge in [0, 0.05) is 12.1 Å². The molecule has 0 saturated heterocycles. The SMILES string of the molecule is COc1cc(N2C(=O)c3ccccc3C2=O)cc(-n2cncn2)c1. The number of amides is 2. The lowest BCUT2D eigenvalue weighted by Gasteiger charge is -2.16. The van der Waals surface area contributed by atoms with Crippen molar-refractivity contribution in [2.24, 2.45) is 0 Å². The lowest BCUT2D eigenvalue weighted by atomic mass is 10.1. The van der Waals surface area contributed by atoms with Crippen molar-refractivity contribution in [3.05, 3.63) is 66.2 Å². The number of nitrogens with zero attached hydrogens (tertiary/aromatic N) is 4. The molecule has 4 rings (SSSR count). The first-order valence-electron chi connectivity index (χ1n) is 7.21. The van der Waals surface area contributed by atoms with E-state index in [-0.39, 0.29) is 11.8 Å². The van der Waals surface area contributed by atoms with E-state index < -0.39 is 0 Å². The van der Waals surface area contributed by atoms with Crippen LogP contribution in [0.1, 0.15) is 20.7 Å². The quantitative estimate of drug-likeness (QED) is 0.691. The first-order valence-corrected chi connectivity index (χ1v) is 7.21. The van der Waals surface area contributed by atoms with E-state index in [1.54, 1.807) is 42.5 Å². The highest BCUT2D eigenvalue weighted by atomic mass is 16.5. The molecule has 24 heavy (non-hydrogen) atoms. The van der Waals surface area contributed by atoms with E-state index in [2.05, 4.69) is 10.1 Å². The number of benzene rings is 2. The summed E-state index contributed by atoms with van der Waals surface area (Å²) in [6.45, 7) is 0. The van der Waals surface area contributed by atoms with Crippen LogP contribution in [-0.4, -0.2) is 33.7 Å². The molecule has 0 N–H and O–H groups in total. The summed E-state index contributed by atoms with van der Waals surface area (Å²) in [6.07, 6.45) is 2.93. The summed E-state index contributed by atoms with van der Waals surface area (Å²) in [5.74, 6) is -0.198. The third-order valence-corrected chi connectivity index (χ3v) is 3.85. The van der Waals surface area contributed by atoms with Crippen LogP contribution in [0.25, 0.3) is 5.69 Å². The molecule has 0 atom stereocenters. The lowest BCUT2D eigenvalue weighted by molar-refractivity contribution is 0.0926. The summed E-state index contributed by atoms with van der Waals surface area (Å²) in [6, 6.07) is 11.8. The van der Waals surface area contributed by atoms with Crippen molar-refractivity contribution < 1.29 is 14.3 Å². The third kappa shape index (κ3) is 2.06. The van der Waals surface area contributed by atoms with Crippen LogP contribution in [-0.2, 0) is 0 Å². The number of imide groups is 1. The predicted octanol–water partition coefficient (Wildman–Crippen LogP) is 2.08. The van der Waals surface area contributed by atoms with Crippen LogP contribution in [0.15, 0.2) is 55.1 Å². The number of carbonyl (C=O) groups is 2. The van der Waals surface area contributed by atoms with Gasteiger partial charge in [-0.25, -0.2) is 14.6 Å². The van der Waals surface area contributed by atoms with Gasteiger partial charge in [-0.3, -0.25) is 9.59 Å². The second-order valence-corrected chi connectivity index (χ2v) is 5.22. The highest BCUT2D eigenvalue weighted by molar-refractivity contribution is 6.34. The van der Waals surface area contributed by atoms with Gasteiger partial charge >= 0.3 is 0 Å². The van der Waals surface area contributed by atoms with Crippen molar-refractivity contribution in [1.82, 2.24) is 14.8 Å². The van der Waals surface area contributed by atoms with E-state index in [0.717, 1.165) is 4.90 Å². The Bertz CT molecular complexity index is 915. The molecule has 1 aromatic heterocycles. The van der Waals surface area contributed by atoms with E-state index in [4.69, 9.17) is 4.74 Å². The molecule has 0 saturated carbocycles. The normalized spacial score (nSPS) is 13.3. The predicted molar refractivity (Wildman–Crippen MR) is 85.5 cm³/mol. The molecule has 0 aliphatic carbocycles. The number of hydrogen-bond acceptors (Lipinski definition) is 5. The molecule has 3 aromatic rings. The zero-order chi connectivity index (χ0) is 16.7. The average molecular weight is 320 g/mol. The summed E-state index contributed by atoms with van der Waals surface area (Å²) in [5.41, 5.74) is 1.85. The monoisotopic (exact) mass is 320 g/mol. The Morgan fingerprint density at radius 3 is 2.21 bits per heavy atom. The molecule has 0 radical (unpaired) electrons. The smallest absolute Gasteiger partial charge is 0.266 e. The maximum atomic E-state index is 12.6. The largest absolute Gasteiger partial charge is 0.497 e. The minimum atomic E-state index is -0.353. The molecule has 118 valence electrons. The fraction of sp³-hybridized carbons (Fsp3) is 0.0588. The molecular formula is C17H12N4O3. The Balaban J connectivity index is 1.84. The van der Waals surface area contributed by atoms with Crippen molar-refractivity contribution in [1.29, 1.82) is 0 Å². The first kappa shape index (κ1) is 14.1. The van der Waals surface area contributed by atoms with Crippen molar-refractivity contribution in [3.63, 3.8) is 0 Å². The van der Waals surface area contributed by atoms with Crippen LogP contribution < -0.4 is 9.64 Å². The molecule has 2 heterocycles. The summed E-state index contributed by atoms with van der Waals surface area (Å²) in [4.78, 5) is 30.3. The number of anilines is 1. The Kier molecular flexibility index (Phi) is 3.13. The number of fused-ring (bicyclic) bond motifs is 1. The average Bonchev–Trinajstić information content (AvgIpc) is 3.23. The van der Waals surface area contributed by atoms with E-state index in [0.29, 0.717) is 28.3 Å². The summed E-state index contributed by atoms with van der Waals surface area (Å²) < 4.78 is 6.82. The van der Waals surface area contributed by atoms with Crippen LogP contribution in [0.3, 0.4) is 0 Å². The number of ether oxygens (including phenoxy) is 1. The molecule has 0 unspecified atom stereocenters. The van der Waals surface area contributed by atoms with Crippen LogP contribution in [0, 0.1) is 0 Å². The van der Waals surface area contributed by atoms with Gasteiger partial charge in [0.15, 0.2) is 0 Å². The van der Waals surface area contributed by atoms with Crippen LogP contribution in [0.4, 0.5) is 5.69 Å². The van der Waals surface area contributed by atoms with Gasteiger partial charge in [0.1, 0.15) is 18.4 Å². The molecule has 2 aromatic carbocycles. The van der Waals surface area contributed by atoms with Gasteiger partial charge in [0.2, 0.25) is 0 Å². The van der Waals surface area contributed by atoms with E-state index >= 15 is 0 Å². The number of hydrogen-bond donors (Lipinski definition) is 0. The molecule has 0 bridgehead atoms. The Labute approximate surface area is 137 Å². The molecule has 7 nitrogen and oxygen atoms in total. The van der Waals surface area contributed by atoms with Gasteiger partial charge in [0.05, 0.1) is 29.6 Å². The van der Waals surface area contributed by atoms with Crippen molar-refractivity contribution in [2.75, 3.05) is 12.0 Å². The van der Waals surface area contributed by atoms with E-state index in [1.165, 1.54) is 24.4 Å². The van der Waals surface area contributed by atoms with Gasteiger partial charge in [-0.1, -0.05) is 12.1 Å². The topological polar surface area (TPSA) is 77.3 Å². The Hall–Kier alpha value is -3.48. The maximum Gasteiger partial charge on any atom is 0.266 e. The maximum absolute atomic E-state index is 12.6. The van der Waals surface area contributed by atoms with Gasteiger partial charge in [0.25, 0.3) is 11.8 Å². The van der Waals surface area contributed by atoms with Crippen molar-refractivity contribution in [3.8, 4) is 11.4 Å². The van der Waals surface area contributed by atoms with Gasteiger partial charge in [-0.05, 0) is 18.2 Å². The molecule has 2 amide bonds. The number of methoxy groups -OCH3 is 1. The number of aromatic nitrogens is 3. The molecule has 1 aliphatic rings. The second kappa shape index (κ2) is 5.31. The summed E-state index contributed by atoms with van der Waals surface area (Å²) in [7, 11) is 1.52. The zero-order valence-corrected chi connectivity index (χ0v) is 12.7. The first-order chi connectivity index (χ1) is 11.7. The highest BCUT2D eigenvalue weighted by Gasteiger charge is 2.36. The number of rotatable bonds is 3. The van der Waals surface area contributed by atoms with Gasteiger partial charge in [-0.15, -0.1) is 0 Å².